The van der Waals surface area contributed by atoms with Gasteiger partial charge in [0.15, 0.2) is 0 Å². The van der Waals surface area contributed by atoms with Crippen molar-refractivity contribution in [3.05, 3.63) is 29.0 Å². The van der Waals surface area contributed by atoms with Crippen LogP contribution in [0.5, 0.6) is 0 Å². The summed E-state index contributed by atoms with van der Waals surface area (Å²) in [6.07, 6.45) is 0. The number of rotatable bonds is 4. The molecule has 0 spiro atoms. The molecule has 0 saturated carbocycles. The molecule has 9 heteroatoms. The van der Waals surface area contributed by atoms with Crippen molar-refractivity contribution in [3.8, 4) is 0 Å². The lowest BCUT2D eigenvalue weighted by Gasteiger charge is -2.13. The highest BCUT2D eigenvalue weighted by atomic mass is 35.5. The Morgan fingerprint density at radius 3 is 2.50 bits per heavy atom. The Labute approximate surface area is 120 Å². The summed E-state index contributed by atoms with van der Waals surface area (Å²) in [7, 11) is 3.56. The standard InChI is InChI=1S/C11H13ClFN7/c1-20(2)11-17-9(16-10(18-11)19-14)15-6-3-4-7(12)8(13)5-6/h3-5H,14H2,1-2H3,(H2,15,16,17,18,19). The predicted molar refractivity (Wildman–Crippen MR) is 76.7 cm³/mol. The highest BCUT2D eigenvalue weighted by Crippen LogP contribution is 2.21. The van der Waals surface area contributed by atoms with Crippen LogP contribution in [0.25, 0.3) is 0 Å². The summed E-state index contributed by atoms with van der Waals surface area (Å²) in [4.78, 5) is 13.9. The lowest BCUT2D eigenvalue weighted by molar-refractivity contribution is 0.629. The maximum Gasteiger partial charge on any atom is 0.243 e. The molecule has 2 rings (SSSR count). The Balaban J connectivity index is 2.32. The Morgan fingerprint density at radius 2 is 1.90 bits per heavy atom. The van der Waals surface area contributed by atoms with Crippen molar-refractivity contribution in [3.63, 3.8) is 0 Å². The van der Waals surface area contributed by atoms with E-state index < -0.39 is 5.82 Å². The van der Waals surface area contributed by atoms with Crippen molar-refractivity contribution in [2.24, 2.45) is 5.84 Å². The fourth-order valence-electron chi connectivity index (χ4n) is 1.39. The highest BCUT2D eigenvalue weighted by molar-refractivity contribution is 6.30. The second-order valence-corrected chi connectivity index (χ2v) is 4.48. The zero-order valence-electron chi connectivity index (χ0n) is 10.9. The number of hydrogen-bond donors (Lipinski definition) is 3. The average Bonchev–Trinajstić information content (AvgIpc) is 2.42. The normalized spacial score (nSPS) is 10.2. The van der Waals surface area contributed by atoms with E-state index in [9.17, 15) is 4.39 Å². The summed E-state index contributed by atoms with van der Waals surface area (Å²) in [5.41, 5.74) is 2.81. The first kappa shape index (κ1) is 14.2. The number of nitrogens with one attached hydrogen (secondary N) is 2. The second-order valence-electron chi connectivity index (χ2n) is 4.08. The molecule has 0 fully saturated rings. The summed E-state index contributed by atoms with van der Waals surface area (Å²) in [6.45, 7) is 0. The minimum atomic E-state index is -0.532. The smallest absolute Gasteiger partial charge is 0.243 e. The van der Waals surface area contributed by atoms with E-state index in [4.69, 9.17) is 17.4 Å². The number of anilines is 4. The summed E-state index contributed by atoms with van der Waals surface area (Å²) < 4.78 is 13.4. The number of hydrazine groups is 1. The van der Waals surface area contributed by atoms with E-state index in [2.05, 4.69) is 25.7 Å². The molecule has 0 saturated heterocycles. The molecule has 2 aromatic rings. The maximum atomic E-state index is 13.4. The Bertz CT molecular complexity index is 620. The van der Waals surface area contributed by atoms with E-state index in [0.29, 0.717) is 11.6 Å². The van der Waals surface area contributed by atoms with Crippen LogP contribution in [0.2, 0.25) is 5.02 Å². The van der Waals surface area contributed by atoms with Crippen molar-refractivity contribution < 1.29 is 4.39 Å². The van der Waals surface area contributed by atoms with Gasteiger partial charge in [0, 0.05) is 19.8 Å². The first-order chi connectivity index (χ1) is 9.49. The highest BCUT2D eigenvalue weighted by Gasteiger charge is 2.08. The number of aromatic nitrogens is 3. The molecule has 106 valence electrons. The summed E-state index contributed by atoms with van der Waals surface area (Å²) >= 11 is 5.62. The van der Waals surface area contributed by atoms with Gasteiger partial charge in [0.05, 0.1) is 5.02 Å². The molecule has 0 aliphatic heterocycles. The van der Waals surface area contributed by atoms with E-state index in [1.54, 1.807) is 25.1 Å². The van der Waals surface area contributed by atoms with Gasteiger partial charge in [0.1, 0.15) is 5.82 Å². The third-order valence-corrected chi connectivity index (χ3v) is 2.63. The molecule has 0 radical (unpaired) electrons. The van der Waals surface area contributed by atoms with Gasteiger partial charge in [-0.15, -0.1) is 0 Å². The molecule has 1 aromatic carbocycles. The van der Waals surface area contributed by atoms with Crippen molar-refractivity contribution in [1.29, 1.82) is 0 Å². The maximum absolute atomic E-state index is 13.4. The molecule has 0 unspecified atom stereocenters. The molecule has 4 N–H and O–H groups in total. The topological polar surface area (TPSA) is 92.0 Å². The van der Waals surface area contributed by atoms with Gasteiger partial charge in [-0.05, 0) is 18.2 Å². The largest absolute Gasteiger partial charge is 0.347 e. The van der Waals surface area contributed by atoms with Crippen LogP contribution in [0.1, 0.15) is 0 Å². The van der Waals surface area contributed by atoms with Gasteiger partial charge in [-0.2, -0.15) is 15.0 Å². The van der Waals surface area contributed by atoms with Gasteiger partial charge < -0.3 is 10.2 Å². The Kier molecular flexibility index (Phi) is 4.16. The molecule has 1 heterocycles. The van der Waals surface area contributed by atoms with E-state index in [1.165, 1.54) is 12.1 Å². The number of nitrogen functional groups attached to an aromatic ring is 1. The monoisotopic (exact) mass is 297 g/mol. The summed E-state index contributed by atoms with van der Waals surface area (Å²) in [5, 5.41) is 2.90. The number of hydrogen-bond acceptors (Lipinski definition) is 7. The minimum Gasteiger partial charge on any atom is -0.347 e. The fraction of sp³-hybridized carbons (Fsp3) is 0.182. The number of halogens is 2. The van der Waals surface area contributed by atoms with Gasteiger partial charge in [0.25, 0.3) is 0 Å². The fourth-order valence-corrected chi connectivity index (χ4v) is 1.51. The van der Waals surface area contributed by atoms with Gasteiger partial charge in [-0.3, -0.25) is 5.43 Å². The first-order valence-electron chi connectivity index (χ1n) is 5.61. The molecule has 0 bridgehead atoms. The number of nitrogens with zero attached hydrogens (tertiary/aromatic N) is 4. The van der Waals surface area contributed by atoms with Gasteiger partial charge in [0.2, 0.25) is 17.8 Å². The average molecular weight is 298 g/mol. The van der Waals surface area contributed by atoms with Gasteiger partial charge >= 0.3 is 0 Å². The summed E-state index contributed by atoms with van der Waals surface area (Å²) in [6, 6.07) is 4.30. The zero-order chi connectivity index (χ0) is 14.7. The zero-order valence-corrected chi connectivity index (χ0v) is 11.6. The van der Waals surface area contributed by atoms with Gasteiger partial charge in [-0.25, -0.2) is 10.2 Å². The Hall–Kier alpha value is -2.19. The molecule has 0 aliphatic rings. The molecule has 1 aromatic heterocycles. The quantitative estimate of drug-likeness (QED) is 0.585. The third-order valence-electron chi connectivity index (χ3n) is 2.33. The minimum absolute atomic E-state index is 0.0458. The van der Waals surface area contributed by atoms with E-state index in [-0.39, 0.29) is 16.9 Å². The molecule has 7 nitrogen and oxygen atoms in total. The van der Waals surface area contributed by atoms with Crippen molar-refractivity contribution >= 4 is 35.1 Å². The van der Waals surface area contributed by atoms with Crippen LogP contribution in [-0.2, 0) is 0 Å². The van der Waals surface area contributed by atoms with Crippen LogP contribution >= 0.6 is 11.6 Å². The first-order valence-corrected chi connectivity index (χ1v) is 5.99. The number of benzene rings is 1. The third kappa shape index (κ3) is 3.22. The lowest BCUT2D eigenvalue weighted by Crippen LogP contribution is -2.18. The van der Waals surface area contributed by atoms with E-state index >= 15 is 0 Å². The Morgan fingerprint density at radius 1 is 1.20 bits per heavy atom. The van der Waals surface area contributed by atoms with E-state index in [1.807, 2.05) is 0 Å². The van der Waals surface area contributed by atoms with Crippen LogP contribution < -0.4 is 21.5 Å². The van der Waals surface area contributed by atoms with Crippen molar-refractivity contribution in [2.75, 3.05) is 29.7 Å². The molecule has 0 atom stereocenters. The van der Waals surface area contributed by atoms with Crippen LogP contribution in [0.3, 0.4) is 0 Å². The van der Waals surface area contributed by atoms with Crippen LogP contribution in [-0.4, -0.2) is 29.0 Å². The lowest BCUT2D eigenvalue weighted by atomic mass is 10.3. The number of nitrogens with two attached hydrogens (primary N) is 1. The predicted octanol–water partition coefficient (Wildman–Crippen LogP) is 1.76. The van der Waals surface area contributed by atoms with Crippen LogP contribution in [0.15, 0.2) is 18.2 Å². The van der Waals surface area contributed by atoms with Crippen LogP contribution in [0.4, 0.5) is 27.9 Å². The molecular weight excluding hydrogens is 285 g/mol. The van der Waals surface area contributed by atoms with Crippen molar-refractivity contribution in [1.82, 2.24) is 15.0 Å². The van der Waals surface area contributed by atoms with E-state index in [0.717, 1.165) is 0 Å². The molecule has 0 aliphatic carbocycles. The summed E-state index contributed by atoms with van der Waals surface area (Å²) in [5.74, 6) is 5.60. The van der Waals surface area contributed by atoms with Gasteiger partial charge in [-0.1, -0.05) is 11.6 Å². The molecular formula is C11H13ClFN7. The molecule has 0 amide bonds. The van der Waals surface area contributed by atoms with Crippen LogP contribution in [0, 0.1) is 5.82 Å². The SMILES string of the molecule is CN(C)c1nc(NN)nc(Nc2ccc(Cl)c(F)c2)n1. The second kappa shape index (κ2) is 5.85. The van der Waals surface area contributed by atoms with Crippen molar-refractivity contribution in [2.45, 2.75) is 0 Å². The molecule has 20 heavy (non-hydrogen) atoms.